The Morgan fingerprint density at radius 1 is 0.963 bits per heavy atom. The molecule has 0 amide bonds. The van der Waals surface area contributed by atoms with Gasteiger partial charge < -0.3 is 19.0 Å². The number of anilines is 2. The van der Waals surface area contributed by atoms with Gasteiger partial charge in [-0.25, -0.2) is 19.8 Å². The third kappa shape index (κ3) is 4.29. The largest absolute Gasteiger partial charge is 0.338 e. The maximum absolute atomic E-state index is 12.8. The topological polar surface area (TPSA) is 102 Å². The number of hydrogen-bond acceptors (Lipinski definition) is 6. The Bertz CT molecular complexity index is 1100. The standard InChI is InChI=1S/C17H24N6O2P2/c1-11-18-16(15-17(19-11)23(3)12(2)20-15)21-13-7-9-14(10-8-13)27(6,25)22-26(4,5)24/h7-10H,1-6H3,(H,18,19,21)(H,22,24,25). The number of aromatic nitrogens is 4. The Morgan fingerprint density at radius 3 is 2.19 bits per heavy atom. The van der Waals surface area contributed by atoms with E-state index >= 15 is 0 Å². The fourth-order valence-electron chi connectivity index (χ4n) is 2.85. The van der Waals surface area contributed by atoms with Crippen LogP contribution in [0.3, 0.4) is 0 Å². The van der Waals surface area contributed by atoms with Crippen LogP contribution in [0, 0.1) is 13.8 Å². The van der Waals surface area contributed by atoms with Crippen molar-refractivity contribution < 1.29 is 9.13 Å². The van der Waals surface area contributed by atoms with Crippen LogP contribution in [0.4, 0.5) is 11.5 Å². The summed E-state index contributed by atoms with van der Waals surface area (Å²) >= 11 is 0. The number of rotatable bonds is 5. The van der Waals surface area contributed by atoms with E-state index in [0.29, 0.717) is 22.5 Å². The summed E-state index contributed by atoms with van der Waals surface area (Å²) in [6.45, 7) is 8.47. The number of hydrogen-bond donors (Lipinski definition) is 2. The van der Waals surface area contributed by atoms with Crippen LogP contribution < -0.4 is 15.5 Å². The van der Waals surface area contributed by atoms with Gasteiger partial charge in [-0.05, 0) is 38.1 Å². The molecule has 144 valence electrons. The molecular formula is C17H24N6O2P2. The molecule has 1 aromatic carbocycles. The molecule has 0 aliphatic rings. The van der Waals surface area contributed by atoms with Crippen LogP contribution in [0.5, 0.6) is 0 Å². The molecule has 27 heavy (non-hydrogen) atoms. The van der Waals surface area contributed by atoms with Crippen molar-refractivity contribution in [1.82, 2.24) is 24.4 Å². The van der Waals surface area contributed by atoms with Crippen LogP contribution in [0.25, 0.3) is 11.2 Å². The second kappa shape index (κ2) is 6.86. The van der Waals surface area contributed by atoms with Gasteiger partial charge in [0.1, 0.15) is 18.9 Å². The first-order valence-electron chi connectivity index (χ1n) is 8.44. The van der Waals surface area contributed by atoms with Crippen LogP contribution in [0.2, 0.25) is 0 Å². The molecule has 0 bridgehead atoms. The summed E-state index contributed by atoms with van der Waals surface area (Å²) in [5.74, 6) is 2.12. The number of aryl methyl sites for hydroxylation is 3. The molecule has 2 N–H and O–H groups in total. The zero-order chi connectivity index (χ0) is 20.0. The lowest BCUT2D eigenvalue weighted by Crippen LogP contribution is -2.15. The van der Waals surface area contributed by atoms with Crippen LogP contribution in [-0.2, 0) is 16.2 Å². The first-order valence-corrected chi connectivity index (χ1v) is 13.2. The number of nitrogens with zero attached hydrogens (tertiary/aromatic N) is 4. The third-order valence-electron chi connectivity index (χ3n) is 4.11. The Labute approximate surface area is 158 Å². The van der Waals surface area contributed by atoms with Gasteiger partial charge in [-0.2, -0.15) is 0 Å². The van der Waals surface area contributed by atoms with Gasteiger partial charge in [0, 0.05) is 38.0 Å². The average Bonchev–Trinajstić information content (AvgIpc) is 2.81. The van der Waals surface area contributed by atoms with Crippen molar-refractivity contribution in [3.63, 3.8) is 0 Å². The molecule has 0 saturated carbocycles. The molecular weight excluding hydrogens is 382 g/mol. The molecule has 0 saturated heterocycles. The normalized spacial score (nSPS) is 14.3. The molecule has 10 heteroatoms. The monoisotopic (exact) mass is 406 g/mol. The van der Waals surface area contributed by atoms with Crippen molar-refractivity contribution >= 4 is 42.6 Å². The molecule has 8 nitrogen and oxygen atoms in total. The highest BCUT2D eigenvalue weighted by Gasteiger charge is 2.23. The van der Waals surface area contributed by atoms with Gasteiger partial charge in [0.2, 0.25) is 0 Å². The zero-order valence-electron chi connectivity index (χ0n) is 16.3. The Morgan fingerprint density at radius 2 is 1.59 bits per heavy atom. The highest BCUT2D eigenvalue weighted by molar-refractivity contribution is 7.80. The van der Waals surface area contributed by atoms with Crippen molar-refractivity contribution in [1.29, 1.82) is 0 Å². The fourth-order valence-corrected chi connectivity index (χ4v) is 7.71. The molecule has 3 aromatic rings. The van der Waals surface area contributed by atoms with E-state index in [4.69, 9.17) is 0 Å². The molecule has 0 radical (unpaired) electrons. The lowest BCUT2D eigenvalue weighted by molar-refractivity contribution is 0.570. The third-order valence-corrected chi connectivity index (χ3v) is 8.85. The molecule has 3 rings (SSSR count). The van der Waals surface area contributed by atoms with E-state index in [2.05, 4.69) is 25.1 Å². The van der Waals surface area contributed by atoms with E-state index in [1.807, 2.05) is 37.6 Å². The lowest BCUT2D eigenvalue weighted by atomic mass is 10.3. The second-order valence-corrected chi connectivity index (χ2v) is 12.9. The smallest absolute Gasteiger partial charge is 0.178 e. The van der Waals surface area contributed by atoms with Crippen LogP contribution in [-0.4, -0.2) is 39.5 Å². The minimum absolute atomic E-state index is 0.620. The highest BCUT2D eigenvalue weighted by atomic mass is 31.2. The summed E-state index contributed by atoms with van der Waals surface area (Å²) < 4.78 is 26.7. The number of fused-ring (bicyclic) bond motifs is 1. The molecule has 1 atom stereocenters. The van der Waals surface area contributed by atoms with E-state index in [1.165, 1.54) is 0 Å². The number of nitrogens with one attached hydrogen (secondary N) is 2. The summed E-state index contributed by atoms with van der Waals surface area (Å²) in [4.78, 5) is 16.2. The predicted octanol–water partition coefficient (Wildman–Crippen LogP) is 3.38. The maximum Gasteiger partial charge on any atom is 0.178 e. The summed E-state index contributed by atoms with van der Waals surface area (Å²) in [6, 6.07) is 7.17. The fraction of sp³-hybridized carbons (Fsp3) is 0.353. The van der Waals surface area contributed by atoms with Crippen molar-refractivity contribution in [2.75, 3.05) is 25.3 Å². The van der Waals surface area contributed by atoms with Crippen LogP contribution in [0.1, 0.15) is 11.6 Å². The Balaban J connectivity index is 1.92. The first-order chi connectivity index (χ1) is 12.5. The van der Waals surface area contributed by atoms with Crippen molar-refractivity contribution in [3.8, 4) is 0 Å². The molecule has 0 fully saturated rings. The van der Waals surface area contributed by atoms with E-state index in [1.54, 1.807) is 32.1 Å². The number of imidazole rings is 1. The summed E-state index contributed by atoms with van der Waals surface area (Å²) in [7, 11) is -3.59. The van der Waals surface area contributed by atoms with Crippen molar-refractivity contribution in [2.24, 2.45) is 7.05 Å². The van der Waals surface area contributed by atoms with Gasteiger partial charge in [0.25, 0.3) is 0 Å². The van der Waals surface area contributed by atoms with Gasteiger partial charge in [-0.15, -0.1) is 0 Å². The average molecular weight is 406 g/mol. The van der Waals surface area contributed by atoms with E-state index in [-0.39, 0.29) is 0 Å². The quantitative estimate of drug-likeness (QED) is 0.626. The van der Waals surface area contributed by atoms with Crippen molar-refractivity contribution in [2.45, 2.75) is 13.8 Å². The maximum atomic E-state index is 12.8. The summed E-state index contributed by atoms with van der Waals surface area (Å²) in [6.07, 6.45) is 0. The van der Waals surface area contributed by atoms with E-state index in [0.717, 1.165) is 17.2 Å². The SMILES string of the molecule is Cc1nc(Nc2ccc(P(C)(=O)NP(C)(C)=O)cc2)c2nc(C)n(C)c2n1. The molecule has 2 aromatic heterocycles. The molecule has 1 unspecified atom stereocenters. The van der Waals surface area contributed by atoms with Gasteiger partial charge in [-0.1, -0.05) is 0 Å². The minimum Gasteiger partial charge on any atom is -0.338 e. The molecule has 0 aliphatic heterocycles. The van der Waals surface area contributed by atoms with Gasteiger partial charge in [0.15, 0.2) is 24.3 Å². The van der Waals surface area contributed by atoms with E-state index < -0.39 is 14.6 Å². The molecule has 2 heterocycles. The lowest BCUT2D eigenvalue weighted by Gasteiger charge is -2.18. The highest BCUT2D eigenvalue weighted by Crippen LogP contribution is 2.47. The predicted molar refractivity (Wildman–Crippen MR) is 111 cm³/mol. The Hall–Kier alpha value is -2.01. The zero-order valence-corrected chi connectivity index (χ0v) is 18.1. The van der Waals surface area contributed by atoms with Crippen LogP contribution >= 0.6 is 14.6 Å². The van der Waals surface area contributed by atoms with Crippen molar-refractivity contribution in [3.05, 3.63) is 35.9 Å². The molecule has 0 aliphatic carbocycles. The van der Waals surface area contributed by atoms with E-state index in [9.17, 15) is 9.13 Å². The second-order valence-electron chi connectivity index (χ2n) is 7.06. The Kier molecular flexibility index (Phi) is 5.02. The van der Waals surface area contributed by atoms with Gasteiger partial charge in [-0.3, -0.25) is 0 Å². The van der Waals surface area contributed by atoms with Gasteiger partial charge in [0.05, 0.1) is 0 Å². The van der Waals surface area contributed by atoms with Crippen LogP contribution in [0.15, 0.2) is 24.3 Å². The summed E-state index contributed by atoms with van der Waals surface area (Å²) in [5.41, 5.74) is 2.26. The van der Waals surface area contributed by atoms with Gasteiger partial charge >= 0.3 is 0 Å². The minimum atomic E-state index is -2.90. The number of benzene rings is 1. The first kappa shape index (κ1) is 19.7. The molecule has 0 spiro atoms. The summed E-state index contributed by atoms with van der Waals surface area (Å²) in [5, 5.41) is 3.88.